The van der Waals surface area contributed by atoms with E-state index in [1.54, 1.807) is 6.07 Å². The number of nitrogens with zero attached hydrogens (tertiary/aromatic N) is 1. The van der Waals surface area contributed by atoms with Gasteiger partial charge in [0, 0.05) is 18.5 Å². The molecule has 0 aliphatic carbocycles. The highest BCUT2D eigenvalue weighted by atomic mass is 35.5. The number of carbonyl (C=O) groups excluding carboxylic acids is 1. The SMILES string of the molecule is CCC(CC)c1cc(C(=O)NCCCNC)on1.Cl. The van der Waals surface area contributed by atoms with Crippen molar-refractivity contribution >= 4 is 18.3 Å². The van der Waals surface area contributed by atoms with Crippen LogP contribution in [-0.2, 0) is 0 Å². The van der Waals surface area contributed by atoms with Crippen molar-refractivity contribution in [2.24, 2.45) is 0 Å². The van der Waals surface area contributed by atoms with Crippen LogP contribution in [0.15, 0.2) is 10.6 Å². The molecule has 0 radical (unpaired) electrons. The van der Waals surface area contributed by atoms with E-state index in [1.807, 2.05) is 7.05 Å². The van der Waals surface area contributed by atoms with Gasteiger partial charge >= 0.3 is 0 Å². The van der Waals surface area contributed by atoms with Crippen LogP contribution in [0.5, 0.6) is 0 Å². The summed E-state index contributed by atoms with van der Waals surface area (Å²) in [5.74, 6) is 0.497. The van der Waals surface area contributed by atoms with Crippen LogP contribution in [0.4, 0.5) is 0 Å². The summed E-state index contributed by atoms with van der Waals surface area (Å²) >= 11 is 0. The summed E-state index contributed by atoms with van der Waals surface area (Å²) in [6, 6.07) is 1.76. The smallest absolute Gasteiger partial charge is 0.289 e. The summed E-state index contributed by atoms with van der Waals surface area (Å²) < 4.78 is 5.09. The molecule has 1 heterocycles. The van der Waals surface area contributed by atoms with Gasteiger partial charge in [-0.15, -0.1) is 12.4 Å². The van der Waals surface area contributed by atoms with Crippen LogP contribution in [0.1, 0.15) is 55.3 Å². The predicted molar refractivity (Wildman–Crippen MR) is 78.0 cm³/mol. The minimum Gasteiger partial charge on any atom is -0.351 e. The van der Waals surface area contributed by atoms with Crippen molar-refractivity contribution in [2.45, 2.75) is 39.0 Å². The Morgan fingerprint density at radius 3 is 2.63 bits per heavy atom. The molecule has 1 aromatic heterocycles. The summed E-state index contributed by atoms with van der Waals surface area (Å²) in [6.45, 7) is 5.75. The molecular weight excluding hydrogens is 266 g/mol. The molecule has 0 bridgehead atoms. The molecule has 0 aliphatic heterocycles. The van der Waals surface area contributed by atoms with E-state index in [0.717, 1.165) is 31.5 Å². The van der Waals surface area contributed by atoms with Crippen LogP contribution in [0.25, 0.3) is 0 Å². The monoisotopic (exact) mass is 289 g/mol. The number of amides is 1. The van der Waals surface area contributed by atoms with Crippen molar-refractivity contribution in [1.29, 1.82) is 0 Å². The molecule has 0 saturated heterocycles. The van der Waals surface area contributed by atoms with E-state index < -0.39 is 0 Å². The van der Waals surface area contributed by atoms with Crippen LogP contribution in [0, 0.1) is 0 Å². The molecular formula is C13H24ClN3O2. The van der Waals surface area contributed by atoms with E-state index in [0.29, 0.717) is 18.2 Å². The molecule has 6 heteroatoms. The third-order valence-corrected chi connectivity index (χ3v) is 3.05. The van der Waals surface area contributed by atoms with Gasteiger partial charge in [0.15, 0.2) is 0 Å². The quantitative estimate of drug-likeness (QED) is 0.721. The lowest BCUT2D eigenvalue weighted by atomic mass is 9.99. The molecule has 110 valence electrons. The Morgan fingerprint density at radius 1 is 1.37 bits per heavy atom. The van der Waals surface area contributed by atoms with E-state index in [4.69, 9.17) is 4.52 Å². The number of aromatic nitrogens is 1. The van der Waals surface area contributed by atoms with Crippen molar-refractivity contribution in [3.8, 4) is 0 Å². The van der Waals surface area contributed by atoms with Gasteiger partial charge in [-0.2, -0.15) is 0 Å². The molecule has 2 N–H and O–H groups in total. The maximum absolute atomic E-state index is 11.8. The topological polar surface area (TPSA) is 67.2 Å². The van der Waals surface area contributed by atoms with Crippen molar-refractivity contribution in [3.63, 3.8) is 0 Å². The molecule has 0 saturated carbocycles. The number of rotatable bonds is 8. The van der Waals surface area contributed by atoms with Crippen molar-refractivity contribution in [1.82, 2.24) is 15.8 Å². The van der Waals surface area contributed by atoms with Gasteiger partial charge in [0.1, 0.15) is 0 Å². The second-order valence-electron chi connectivity index (χ2n) is 4.34. The van der Waals surface area contributed by atoms with Gasteiger partial charge in [-0.1, -0.05) is 19.0 Å². The summed E-state index contributed by atoms with van der Waals surface area (Å²) in [5, 5.41) is 9.81. The maximum Gasteiger partial charge on any atom is 0.289 e. The van der Waals surface area contributed by atoms with Gasteiger partial charge in [0.2, 0.25) is 5.76 Å². The Morgan fingerprint density at radius 2 is 2.05 bits per heavy atom. The van der Waals surface area contributed by atoms with E-state index in [-0.39, 0.29) is 18.3 Å². The highest BCUT2D eigenvalue weighted by Gasteiger charge is 2.16. The first kappa shape index (κ1) is 17.9. The molecule has 0 atom stereocenters. The lowest BCUT2D eigenvalue weighted by Gasteiger charge is -2.05. The van der Waals surface area contributed by atoms with Crippen molar-refractivity contribution in [3.05, 3.63) is 17.5 Å². The zero-order valence-corrected chi connectivity index (χ0v) is 12.7. The highest BCUT2D eigenvalue weighted by Crippen LogP contribution is 2.22. The number of carbonyl (C=O) groups is 1. The first-order valence-corrected chi connectivity index (χ1v) is 6.62. The molecule has 19 heavy (non-hydrogen) atoms. The minimum atomic E-state index is -0.184. The van der Waals surface area contributed by atoms with Crippen LogP contribution in [0.2, 0.25) is 0 Å². The van der Waals surface area contributed by atoms with Crippen molar-refractivity contribution < 1.29 is 9.32 Å². The number of halogens is 1. The molecule has 1 rings (SSSR count). The standard InChI is InChI=1S/C13H23N3O2.ClH/c1-4-10(5-2)11-9-12(18-16-11)13(17)15-8-6-7-14-3;/h9-10,14H,4-8H2,1-3H3,(H,15,17);1H. The zero-order valence-electron chi connectivity index (χ0n) is 11.9. The summed E-state index contributed by atoms with van der Waals surface area (Å²) in [5.41, 5.74) is 0.875. The predicted octanol–water partition coefficient (Wildman–Crippen LogP) is 2.34. The van der Waals surface area contributed by atoms with Crippen molar-refractivity contribution in [2.75, 3.05) is 20.1 Å². The molecule has 1 aromatic rings. The second kappa shape index (κ2) is 9.81. The molecule has 0 unspecified atom stereocenters. The van der Waals surface area contributed by atoms with Gasteiger partial charge in [-0.3, -0.25) is 4.79 Å². The van der Waals surface area contributed by atoms with Crippen LogP contribution in [0.3, 0.4) is 0 Å². The molecule has 5 nitrogen and oxygen atoms in total. The van der Waals surface area contributed by atoms with Gasteiger partial charge in [-0.05, 0) is 32.9 Å². The van der Waals surface area contributed by atoms with Crippen LogP contribution >= 0.6 is 12.4 Å². The Kier molecular flexibility index (Phi) is 9.26. The van der Waals surface area contributed by atoms with E-state index in [2.05, 4.69) is 29.6 Å². The number of hydrogen-bond acceptors (Lipinski definition) is 4. The minimum absolute atomic E-state index is 0. The molecule has 0 aliphatic rings. The Hall–Kier alpha value is -1.07. The van der Waals surface area contributed by atoms with E-state index in [9.17, 15) is 4.79 Å². The lowest BCUT2D eigenvalue weighted by molar-refractivity contribution is 0.0916. The fourth-order valence-corrected chi connectivity index (χ4v) is 1.85. The Balaban J connectivity index is 0.00000324. The first-order chi connectivity index (χ1) is 8.72. The summed E-state index contributed by atoms with van der Waals surface area (Å²) in [7, 11) is 1.89. The average Bonchev–Trinajstić information content (AvgIpc) is 2.86. The lowest BCUT2D eigenvalue weighted by Crippen LogP contribution is -2.26. The first-order valence-electron chi connectivity index (χ1n) is 6.62. The van der Waals surface area contributed by atoms with Crippen LogP contribution < -0.4 is 10.6 Å². The normalized spacial score (nSPS) is 10.3. The van der Waals surface area contributed by atoms with Crippen LogP contribution in [-0.4, -0.2) is 31.2 Å². The maximum atomic E-state index is 11.8. The van der Waals surface area contributed by atoms with Gasteiger partial charge in [0.25, 0.3) is 5.91 Å². The molecule has 0 aromatic carbocycles. The summed E-state index contributed by atoms with van der Waals surface area (Å²) in [6.07, 6.45) is 2.91. The number of hydrogen-bond donors (Lipinski definition) is 2. The highest BCUT2D eigenvalue weighted by molar-refractivity contribution is 5.91. The van der Waals surface area contributed by atoms with E-state index in [1.165, 1.54) is 0 Å². The molecule has 0 fully saturated rings. The van der Waals surface area contributed by atoms with Gasteiger partial charge in [0.05, 0.1) is 5.69 Å². The largest absolute Gasteiger partial charge is 0.351 e. The Labute approximate surface area is 120 Å². The van der Waals surface area contributed by atoms with Gasteiger partial charge in [-0.25, -0.2) is 0 Å². The zero-order chi connectivity index (χ0) is 13.4. The average molecular weight is 290 g/mol. The fourth-order valence-electron chi connectivity index (χ4n) is 1.85. The van der Waals surface area contributed by atoms with Gasteiger partial charge < -0.3 is 15.2 Å². The summed E-state index contributed by atoms with van der Waals surface area (Å²) in [4.78, 5) is 11.8. The molecule has 0 spiro atoms. The van der Waals surface area contributed by atoms with E-state index >= 15 is 0 Å². The number of nitrogens with one attached hydrogen (secondary N) is 2. The third kappa shape index (κ3) is 5.61. The Bertz CT molecular complexity index is 365. The second-order valence-corrected chi connectivity index (χ2v) is 4.34. The fraction of sp³-hybridized carbons (Fsp3) is 0.692. The third-order valence-electron chi connectivity index (χ3n) is 3.05. The molecule has 1 amide bonds.